The second-order valence-corrected chi connectivity index (χ2v) is 8.58. The number of likely N-dealkylation sites (tertiary alicyclic amines) is 1. The smallest absolute Gasteiger partial charge is 0.251 e. The molecule has 7 nitrogen and oxygen atoms in total. The SMILES string of the molecule is CN1CC[C@H](NC(=O)c2ccc(Nc3nc(N)c(C(=O)c4c(F)cccc4F)s3)cc2)C1. The minimum absolute atomic E-state index is 0.0611. The van der Waals surface area contributed by atoms with Gasteiger partial charge < -0.3 is 21.3 Å². The number of benzene rings is 2. The molecule has 2 heterocycles. The lowest BCUT2D eigenvalue weighted by Crippen LogP contribution is -2.36. The van der Waals surface area contributed by atoms with E-state index in [4.69, 9.17) is 5.73 Å². The fraction of sp³-hybridized carbons (Fsp3) is 0.227. The monoisotopic (exact) mass is 457 g/mol. The summed E-state index contributed by atoms with van der Waals surface area (Å²) in [6.07, 6.45) is 0.922. The first-order valence-corrected chi connectivity index (χ1v) is 10.7. The van der Waals surface area contributed by atoms with Crippen molar-refractivity contribution < 1.29 is 18.4 Å². The lowest BCUT2D eigenvalue weighted by Gasteiger charge is -2.13. The predicted molar refractivity (Wildman–Crippen MR) is 119 cm³/mol. The van der Waals surface area contributed by atoms with Crippen LogP contribution in [0.5, 0.6) is 0 Å². The predicted octanol–water partition coefficient (Wildman–Crippen LogP) is 3.41. The van der Waals surface area contributed by atoms with Crippen molar-refractivity contribution in [3.05, 3.63) is 70.1 Å². The van der Waals surface area contributed by atoms with Crippen LogP contribution in [0.3, 0.4) is 0 Å². The number of carbonyl (C=O) groups excluding carboxylic acids is 2. The van der Waals surface area contributed by atoms with Crippen LogP contribution in [0.2, 0.25) is 0 Å². The van der Waals surface area contributed by atoms with Crippen LogP contribution in [0.1, 0.15) is 32.0 Å². The molecule has 10 heteroatoms. The highest BCUT2D eigenvalue weighted by atomic mass is 32.1. The van der Waals surface area contributed by atoms with E-state index in [0.29, 0.717) is 11.3 Å². The van der Waals surface area contributed by atoms with Gasteiger partial charge in [0.05, 0.1) is 5.56 Å². The summed E-state index contributed by atoms with van der Waals surface area (Å²) in [5, 5.41) is 6.30. The van der Waals surface area contributed by atoms with Crippen LogP contribution in [-0.4, -0.2) is 47.8 Å². The van der Waals surface area contributed by atoms with Gasteiger partial charge in [-0.3, -0.25) is 9.59 Å². The number of anilines is 3. The molecule has 0 aliphatic carbocycles. The fourth-order valence-electron chi connectivity index (χ4n) is 3.53. The van der Waals surface area contributed by atoms with Gasteiger partial charge in [-0.1, -0.05) is 17.4 Å². The van der Waals surface area contributed by atoms with Gasteiger partial charge in [0, 0.05) is 23.8 Å². The molecule has 2 aromatic carbocycles. The number of ketones is 1. The first-order chi connectivity index (χ1) is 15.3. The Labute approximate surface area is 187 Å². The van der Waals surface area contributed by atoms with E-state index in [1.165, 1.54) is 6.07 Å². The van der Waals surface area contributed by atoms with Crippen LogP contribution < -0.4 is 16.4 Å². The van der Waals surface area contributed by atoms with Gasteiger partial charge in [0.2, 0.25) is 5.78 Å². The summed E-state index contributed by atoms with van der Waals surface area (Å²) >= 11 is 0.893. The van der Waals surface area contributed by atoms with Crippen LogP contribution in [0.25, 0.3) is 0 Å². The van der Waals surface area contributed by atoms with Gasteiger partial charge in [-0.05, 0) is 56.4 Å². The van der Waals surface area contributed by atoms with Crippen molar-refractivity contribution in [3.63, 3.8) is 0 Å². The highest BCUT2D eigenvalue weighted by Gasteiger charge is 2.24. The van der Waals surface area contributed by atoms with Crippen LogP contribution in [0.15, 0.2) is 42.5 Å². The van der Waals surface area contributed by atoms with Crippen molar-refractivity contribution in [2.45, 2.75) is 12.5 Å². The molecular formula is C22H21F2N5O2S. The van der Waals surface area contributed by atoms with Crippen molar-refractivity contribution in [1.29, 1.82) is 0 Å². The number of aromatic nitrogens is 1. The Bertz CT molecular complexity index is 1150. The highest BCUT2D eigenvalue weighted by molar-refractivity contribution is 7.18. The van der Waals surface area contributed by atoms with E-state index in [1.54, 1.807) is 24.3 Å². The first kappa shape index (κ1) is 21.8. The summed E-state index contributed by atoms with van der Waals surface area (Å²) in [6, 6.07) is 10.1. The van der Waals surface area contributed by atoms with Gasteiger partial charge in [0.1, 0.15) is 22.3 Å². The molecule has 0 saturated carbocycles. The lowest BCUT2D eigenvalue weighted by atomic mass is 10.1. The Morgan fingerprint density at radius 3 is 2.47 bits per heavy atom. The maximum atomic E-state index is 14.0. The average molecular weight is 458 g/mol. The first-order valence-electron chi connectivity index (χ1n) is 9.93. The summed E-state index contributed by atoms with van der Waals surface area (Å²) in [6.45, 7) is 1.79. The molecule has 1 aromatic heterocycles. The molecule has 1 amide bonds. The number of hydrogen-bond donors (Lipinski definition) is 3. The summed E-state index contributed by atoms with van der Waals surface area (Å²) in [4.78, 5) is 31.2. The van der Waals surface area contributed by atoms with E-state index >= 15 is 0 Å². The van der Waals surface area contributed by atoms with E-state index in [1.807, 2.05) is 7.05 Å². The minimum atomic E-state index is -0.963. The van der Waals surface area contributed by atoms with Crippen molar-refractivity contribution in [3.8, 4) is 0 Å². The molecule has 0 radical (unpaired) electrons. The number of carbonyl (C=O) groups is 2. The van der Waals surface area contributed by atoms with Gasteiger partial charge in [-0.25, -0.2) is 13.8 Å². The third kappa shape index (κ3) is 4.61. The van der Waals surface area contributed by atoms with Crippen LogP contribution in [0.4, 0.5) is 25.4 Å². The van der Waals surface area contributed by atoms with E-state index < -0.39 is 23.0 Å². The van der Waals surface area contributed by atoms with Gasteiger partial charge in [-0.2, -0.15) is 0 Å². The van der Waals surface area contributed by atoms with Crippen LogP contribution in [0, 0.1) is 11.6 Å². The zero-order chi connectivity index (χ0) is 22.8. The van der Waals surface area contributed by atoms with Gasteiger partial charge in [-0.15, -0.1) is 0 Å². The molecule has 1 aliphatic heterocycles. The number of thiazole rings is 1. The summed E-state index contributed by atoms with van der Waals surface area (Å²) in [5.74, 6) is -3.06. The third-order valence-corrected chi connectivity index (χ3v) is 6.16. The normalized spacial score (nSPS) is 16.2. The standard InChI is InChI=1S/C22H21F2N5O2S/c1-29-10-9-14(11-29)26-21(31)12-5-7-13(8-6-12)27-22-28-20(25)19(32-22)18(30)17-15(23)3-2-4-16(17)24/h2-8,14H,9-11,25H2,1H3,(H,26,31)(H,27,28)/t14-/m0/s1. The average Bonchev–Trinajstić information content (AvgIpc) is 3.33. The molecule has 4 N–H and O–H groups in total. The number of nitrogens with two attached hydrogens (primary N) is 1. The number of rotatable bonds is 6. The molecule has 1 fully saturated rings. The quantitative estimate of drug-likeness (QED) is 0.491. The maximum absolute atomic E-state index is 14.0. The van der Waals surface area contributed by atoms with Crippen LogP contribution >= 0.6 is 11.3 Å². The molecule has 0 spiro atoms. The molecule has 1 aliphatic rings. The number of hydrogen-bond acceptors (Lipinski definition) is 7. The lowest BCUT2D eigenvalue weighted by molar-refractivity contribution is 0.0937. The number of nitrogens with zero attached hydrogens (tertiary/aromatic N) is 2. The Kier molecular flexibility index (Phi) is 6.15. The maximum Gasteiger partial charge on any atom is 0.251 e. The molecule has 166 valence electrons. The van der Waals surface area contributed by atoms with Crippen molar-refractivity contribution >= 4 is 39.7 Å². The van der Waals surface area contributed by atoms with E-state index in [0.717, 1.165) is 43.0 Å². The Morgan fingerprint density at radius 1 is 1.16 bits per heavy atom. The van der Waals surface area contributed by atoms with E-state index in [9.17, 15) is 18.4 Å². The minimum Gasteiger partial charge on any atom is -0.382 e. The molecule has 3 aromatic rings. The molecule has 4 rings (SSSR count). The second-order valence-electron chi connectivity index (χ2n) is 7.58. The van der Waals surface area contributed by atoms with Crippen molar-refractivity contribution in [2.24, 2.45) is 0 Å². The topological polar surface area (TPSA) is 100 Å². The Morgan fingerprint density at radius 2 is 1.84 bits per heavy atom. The molecule has 0 bridgehead atoms. The van der Waals surface area contributed by atoms with Gasteiger partial charge >= 0.3 is 0 Å². The Balaban J connectivity index is 1.45. The molecule has 0 unspecified atom stereocenters. The molecule has 1 saturated heterocycles. The summed E-state index contributed by atoms with van der Waals surface area (Å²) in [7, 11) is 2.02. The number of likely N-dealkylation sites (N-methyl/N-ethyl adjacent to an activating group) is 1. The van der Waals surface area contributed by atoms with Crippen molar-refractivity contribution in [2.75, 3.05) is 31.2 Å². The number of nitrogens with one attached hydrogen (secondary N) is 2. The number of nitrogen functional groups attached to an aromatic ring is 1. The van der Waals surface area contributed by atoms with Crippen molar-refractivity contribution in [1.82, 2.24) is 15.2 Å². The largest absolute Gasteiger partial charge is 0.382 e. The van der Waals surface area contributed by atoms with E-state index in [2.05, 4.69) is 20.5 Å². The van der Waals surface area contributed by atoms with Gasteiger partial charge in [0.25, 0.3) is 5.91 Å². The molecular weight excluding hydrogens is 436 g/mol. The summed E-state index contributed by atoms with van der Waals surface area (Å²) in [5.41, 5.74) is 6.29. The van der Waals surface area contributed by atoms with Crippen LogP contribution in [-0.2, 0) is 0 Å². The third-order valence-electron chi connectivity index (χ3n) is 5.17. The van der Waals surface area contributed by atoms with E-state index in [-0.39, 0.29) is 27.8 Å². The fourth-order valence-corrected chi connectivity index (χ4v) is 4.38. The highest BCUT2D eigenvalue weighted by Crippen LogP contribution is 2.31. The Hall–Kier alpha value is -3.37. The molecule has 1 atom stereocenters. The molecule has 32 heavy (non-hydrogen) atoms. The summed E-state index contributed by atoms with van der Waals surface area (Å²) < 4.78 is 27.9. The zero-order valence-electron chi connectivity index (χ0n) is 17.2. The van der Waals surface area contributed by atoms with Gasteiger partial charge in [0.15, 0.2) is 5.13 Å². The zero-order valence-corrected chi connectivity index (χ0v) is 18.0. The second kappa shape index (κ2) is 9.01. The number of halogens is 2. The number of amides is 1.